The number of carbonyl (C=O) groups excluding carboxylic acids is 1. The van der Waals surface area contributed by atoms with Crippen LogP contribution in [0.2, 0.25) is 0 Å². The van der Waals surface area contributed by atoms with Crippen LogP contribution in [0.5, 0.6) is 0 Å². The van der Waals surface area contributed by atoms with E-state index >= 15 is 0 Å². The van der Waals surface area contributed by atoms with E-state index in [2.05, 4.69) is 0 Å². The molecule has 0 saturated carbocycles. The molecule has 0 radical (unpaired) electrons. The van der Waals surface area contributed by atoms with Gasteiger partial charge in [-0.1, -0.05) is 0 Å². The van der Waals surface area contributed by atoms with Gasteiger partial charge >= 0.3 is 0 Å². The number of aryl methyl sites for hydroxylation is 1. The molecule has 0 aliphatic heterocycles. The minimum absolute atomic E-state index is 0.247. The summed E-state index contributed by atoms with van der Waals surface area (Å²) in [6, 6.07) is 1.99. The summed E-state index contributed by atoms with van der Waals surface area (Å²) >= 11 is 1.53. The third kappa shape index (κ3) is 3.24. The van der Waals surface area contributed by atoms with Crippen molar-refractivity contribution < 1.29 is 9.53 Å². The fourth-order valence-corrected chi connectivity index (χ4v) is 2.15. The van der Waals surface area contributed by atoms with E-state index in [9.17, 15) is 4.79 Å². The van der Waals surface area contributed by atoms with Crippen LogP contribution in [0.4, 0.5) is 0 Å². The van der Waals surface area contributed by atoms with Gasteiger partial charge in [-0.3, -0.25) is 4.79 Å². The van der Waals surface area contributed by atoms with Crippen molar-refractivity contribution in [1.29, 1.82) is 0 Å². The summed E-state index contributed by atoms with van der Waals surface area (Å²) in [5.74, 6) is 0.247. The van der Waals surface area contributed by atoms with E-state index in [0.29, 0.717) is 13.0 Å². The van der Waals surface area contributed by atoms with Gasteiger partial charge in [0, 0.05) is 19.6 Å². The Morgan fingerprint density at radius 1 is 1.57 bits per heavy atom. The van der Waals surface area contributed by atoms with Gasteiger partial charge in [0.15, 0.2) is 5.78 Å². The Balaban J connectivity index is 2.32. The number of hydrogen-bond donors (Lipinski definition) is 0. The standard InChI is InChI=1S/C11H16O2S/c1-3-13-7-4-5-10(12)11-9(2)6-8-14-11/h6,8H,3-5,7H2,1-2H3. The molecule has 0 N–H and O–H groups in total. The second kappa shape index (κ2) is 5.94. The smallest absolute Gasteiger partial charge is 0.173 e. The summed E-state index contributed by atoms with van der Waals surface area (Å²) in [4.78, 5) is 12.5. The van der Waals surface area contributed by atoms with Crippen LogP contribution in [0.3, 0.4) is 0 Å². The first kappa shape index (κ1) is 11.4. The van der Waals surface area contributed by atoms with E-state index < -0.39 is 0 Å². The predicted octanol–water partition coefficient (Wildman–Crippen LogP) is 3.06. The van der Waals surface area contributed by atoms with Gasteiger partial charge < -0.3 is 4.74 Å². The maximum absolute atomic E-state index is 11.6. The Morgan fingerprint density at radius 2 is 2.36 bits per heavy atom. The molecule has 0 aliphatic carbocycles. The molecule has 14 heavy (non-hydrogen) atoms. The van der Waals surface area contributed by atoms with Gasteiger partial charge in [0.1, 0.15) is 0 Å². The molecule has 0 atom stereocenters. The molecule has 0 aromatic carbocycles. The Hall–Kier alpha value is -0.670. The van der Waals surface area contributed by atoms with Crippen LogP contribution < -0.4 is 0 Å². The van der Waals surface area contributed by atoms with Crippen LogP contribution in [0.15, 0.2) is 11.4 Å². The minimum atomic E-state index is 0.247. The second-order valence-electron chi connectivity index (χ2n) is 3.16. The third-order valence-electron chi connectivity index (χ3n) is 2.01. The zero-order valence-electron chi connectivity index (χ0n) is 8.71. The topological polar surface area (TPSA) is 26.3 Å². The Labute approximate surface area is 88.9 Å². The minimum Gasteiger partial charge on any atom is -0.382 e. The van der Waals surface area contributed by atoms with Gasteiger partial charge in [-0.2, -0.15) is 0 Å². The molecular weight excluding hydrogens is 196 g/mol. The van der Waals surface area contributed by atoms with E-state index in [-0.39, 0.29) is 5.78 Å². The highest BCUT2D eigenvalue weighted by Crippen LogP contribution is 2.18. The molecule has 1 aromatic rings. The lowest BCUT2D eigenvalue weighted by atomic mass is 10.1. The van der Waals surface area contributed by atoms with Gasteiger partial charge in [-0.25, -0.2) is 0 Å². The first-order valence-corrected chi connectivity index (χ1v) is 5.78. The summed E-state index contributed by atoms with van der Waals surface area (Å²) in [7, 11) is 0. The lowest BCUT2D eigenvalue weighted by Crippen LogP contribution is -2.01. The highest BCUT2D eigenvalue weighted by Gasteiger charge is 2.09. The maximum Gasteiger partial charge on any atom is 0.173 e. The SMILES string of the molecule is CCOCCCC(=O)c1sccc1C. The molecule has 0 amide bonds. The van der Waals surface area contributed by atoms with Crippen molar-refractivity contribution in [2.75, 3.05) is 13.2 Å². The summed E-state index contributed by atoms with van der Waals surface area (Å²) in [5.41, 5.74) is 1.09. The highest BCUT2D eigenvalue weighted by molar-refractivity contribution is 7.12. The van der Waals surface area contributed by atoms with Gasteiger partial charge in [0.2, 0.25) is 0 Å². The van der Waals surface area contributed by atoms with Crippen molar-refractivity contribution in [2.24, 2.45) is 0 Å². The van der Waals surface area contributed by atoms with Crippen molar-refractivity contribution in [3.63, 3.8) is 0 Å². The summed E-state index contributed by atoms with van der Waals surface area (Å²) in [5, 5.41) is 1.96. The van der Waals surface area contributed by atoms with Crippen molar-refractivity contribution in [2.45, 2.75) is 26.7 Å². The maximum atomic E-state index is 11.6. The zero-order chi connectivity index (χ0) is 10.4. The lowest BCUT2D eigenvalue weighted by molar-refractivity contribution is 0.0950. The van der Waals surface area contributed by atoms with E-state index in [1.165, 1.54) is 11.3 Å². The first-order valence-electron chi connectivity index (χ1n) is 4.90. The largest absolute Gasteiger partial charge is 0.382 e. The average molecular weight is 212 g/mol. The Morgan fingerprint density at radius 3 is 2.93 bits per heavy atom. The Bertz CT molecular complexity index is 291. The van der Waals surface area contributed by atoms with Crippen molar-refractivity contribution >= 4 is 17.1 Å². The number of thiophene rings is 1. The molecule has 0 unspecified atom stereocenters. The number of carbonyl (C=O) groups is 1. The van der Waals surface area contributed by atoms with E-state index in [1.807, 2.05) is 25.3 Å². The molecule has 0 bridgehead atoms. The van der Waals surface area contributed by atoms with Gasteiger partial charge in [-0.15, -0.1) is 11.3 Å². The molecule has 1 heterocycles. The van der Waals surface area contributed by atoms with Gasteiger partial charge in [0.05, 0.1) is 4.88 Å². The fraction of sp³-hybridized carbons (Fsp3) is 0.545. The summed E-state index contributed by atoms with van der Waals surface area (Å²) in [6.07, 6.45) is 1.42. The van der Waals surface area contributed by atoms with E-state index in [4.69, 9.17) is 4.74 Å². The summed E-state index contributed by atoms with van der Waals surface area (Å²) < 4.78 is 5.18. The van der Waals surface area contributed by atoms with Crippen molar-refractivity contribution in [1.82, 2.24) is 0 Å². The lowest BCUT2D eigenvalue weighted by Gasteiger charge is -2.00. The molecule has 3 heteroatoms. The van der Waals surface area contributed by atoms with Crippen LogP contribution in [0.25, 0.3) is 0 Å². The number of Topliss-reactive ketones (excluding diaryl/α,β-unsaturated/α-hetero) is 1. The number of ketones is 1. The monoisotopic (exact) mass is 212 g/mol. The normalized spacial score (nSPS) is 10.4. The second-order valence-corrected chi connectivity index (χ2v) is 4.07. The number of hydrogen-bond acceptors (Lipinski definition) is 3. The van der Waals surface area contributed by atoms with Gasteiger partial charge in [-0.05, 0) is 37.3 Å². The Kier molecular flexibility index (Phi) is 4.84. The molecule has 0 spiro atoms. The fourth-order valence-electron chi connectivity index (χ4n) is 1.25. The van der Waals surface area contributed by atoms with Crippen molar-refractivity contribution in [3.8, 4) is 0 Å². The number of ether oxygens (including phenoxy) is 1. The first-order chi connectivity index (χ1) is 6.75. The molecule has 0 aliphatic rings. The predicted molar refractivity (Wildman–Crippen MR) is 59.1 cm³/mol. The van der Waals surface area contributed by atoms with E-state index in [0.717, 1.165) is 23.5 Å². The zero-order valence-corrected chi connectivity index (χ0v) is 9.52. The van der Waals surface area contributed by atoms with E-state index in [1.54, 1.807) is 0 Å². The number of rotatable bonds is 6. The third-order valence-corrected chi connectivity index (χ3v) is 3.07. The molecular formula is C11H16O2S. The van der Waals surface area contributed by atoms with Crippen LogP contribution in [0, 0.1) is 6.92 Å². The molecule has 0 saturated heterocycles. The van der Waals surface area contributed by atoms with Crippen LogP contribution in [-0.2, 0) is 4.74 Å². The van der Waals surface area contributed by atoms with Crippen LogP contribution in [0.1, 0.15) is 35.0 Å². The van der Waals surface area contributed by atoms with Crippen LogP contribution >= 0.6 is 11.3 Å². The molecule has 1 rings (SSSR count). The molecule has 2 nitrogen and oxygen atoms in total. The molecule has 78 valence electrons. The van der Waals surface area contributed by atoms with Gasteiger partial charge in [0.25, 0.3) is 0 Å². The average Bonchev–Trinajstić information content (AvgIpc) is 2.59. The van der Waals surface area contributed by atoms with Crippen molar-refractivity contribution in [3.05, 3.63) is 21.9 Å². The summed E-state index contributed by atoms with van der Waals surface area (Å²) in [6.45, 7) is 5.36. The van der Waals surface area contributed by atoms with Crippen LogP contribution in [-0.4, -0.2) is 19.0 Å². The molecule has 1 aromatic heterocycles. The highest BCUT2D eigenvalue weighted by atomic mass is 32.1. The molecule has 0 fully saturated rings. The quantitative estimate of drug-likeness (QED) is 0.535.